The molecule has 2 rings (SSSR count). The molecule has 1 aromatic carbocycles. The summed E-state index contributed by atoms with van der Waals surface area (Å²) in [4.78, 5) is 14.3. The quantitative estimate of drug-likeness (QED) is 0.829. The summed E-state index contributed by atoms with van der Waals surface area (Å²) in [6, 6.07) is 8.28. The first kappa shape index (κ1) is 15.0. The number of hydrogen-bond donors (Lipinski definition) is 1. The molecule has 110 valence electrons. The highest BCUT2D eigenvalue weighted by atomic mass is 16.5. The van der Waals surface area contributed by atoms with Crippen LogP contribution < -0.4 is 5.32 Å². The van der Waals surface area contributed by atoms with Crippen molar-refractivity contribution in [3.05, 3.63) is 35.4 Å². The van der Waals surface area contributed by atoms with Gasteiger partial charge in [0.25, 0.3) is 0 Å². The normalized spacial score (nSPS) is 19.8. The number of ether oxygens (including phenoxy) is 1. The molecule has 20 heavy (non-hydrogen) atoms. The fraction of sp³-hybridized carbons (Fsp3) is 0.562. The molecule has 1 aromatic rings. The number of hydrogen-bond acceptors (Lipinski definition) is 4. The zero-order valence-electron chi connectivity index (χ0n) is 12.4. The fourth-order valence-electron chi connectivity index (χ4n) is 2.68. The van der Waals surface area contributed by atoms with Gasteiger partial charge in [-0.05, 0) is 24.5 Å². The number of esters is 1. The predicted octanol–water partition coefficient (Wildman–Crippen LogP) is 1.59. The van der Waals surface area contributed by atoms with E-state index < -0.39 is 0 Å². The molecular weight excluding hydrogens is 252 g/mol. The predicted molar refractivity (Wildman–Crippen MR) is 79.5 cm³/mol. The summed E-state index contributed by atoms with van der Waals surface area (Å²) in [6.45, 7) is 7.74. The van der Waals surface area contributed by atoms with Crippen LogP contribution in [0.3, 0.4) is 0 Å². The molecule has 1 aliphatic rings. The van der Waals surface area contributed by atoms with Crippen molar-refractivity contribution in [3.63, 3.8) is 0 Å². The average molecular weight is 276 g/mol. The smallest absolute Gasteiger partial charge is 0.324 e. The fourth-order valence-corrected chi connectivity index (χ4v) is 2.68. The minimum Gasteiger partial charge on any atom is -0.465 e. The molecule has 1 heterocycles. The second-order valence-electron chi connectivity index (χ2n) is 5.06. The van der Waals surface area contributed by atoms with E-state index in [9.17, 15) is 4.79 Å². The average Bonchev–Trinajstić information content (AvgIpc) is 2.48. The molecule has 0 aliphatic carbocycles. The van der Waals surface area contributed by atoms with Crippen molar-refractivity contribution in [2.45, 2.75) is 32.9 Å². The van der Waals surface area contributed by atoms with Crippen molar-refractivity contribution in [2.75, 3.05) is 26.2 Å². The molecule has 1 unspecified atom stereocenters. The van der Waals surface area contributed by atoms with E-state index in [1.54, 1.807) is 0 Å². The number of nitrogens with zero attached hydrogens (tertiary/aromatic N) is 1. The van der Waals surface area contributed by atoms with Crippen molar-refractivity contribution in [1.29, 1.82) is 0 Å². The third-order valence-corrected chi connectivity index (χ3v) is 3.79. The van der Waals surface area contributed by atoms with Gasteiger partial charge in [-0.2, -0.15) is 0 Å². The number of piperazine rings is 1. The summed E-state index contributed by atoms with van der Waals surface area (Å²) >= 11 is 0. The Bertz CT molecular complexity index is 448. The number of rotatable bonds is 5. The summed E-state index contributed by atoms with van der Waals surface area (Å²) in [5, 5.41) is 3.28. The van der Waals surface area contributed by atoms with E-state index in [1.165, 1.54) is 11.1 Å². The van der Waals surface area contributed by atoms with E-state index in [0.29, 0.717) is 13.2 Å². The van der Waals surface area contributed by atoms with Gasteiger partial charge in [0.05, 0.1) is 6.61 Å². The molecule has 0 spiro atoms. The molecule has 0 bridgehead atoms. The standard InChI is InChI=1S/C16H24N2O2/c1-3-13-7-5-6-8-14(13)12-18-10-9-17-11-15(18)16(19)20-4-2/h5-8,15,17H,3-4,9-12H2,1-2H3. The third-order valence-electron chi connectivity index (χ3n) is 3.79. The molecule has 0 aromatic heterocycles. The van der Waals surface area contributed by atoms with E-state index >= 15 is 0 Å². The Morgan fingerprint density at radius 3 is 2.80 bits per heavy atom. The number of benzene rings is 1. The van der Waals surface area contributed by atoms with Crippen molar-refractivity contribution in [2.24, 2.45) is 0 Å². The molecule has 1 atom stereocenters. The Morgan fingerprint density at radius 2 is 2.10 bits per heavy atom. The number of carbonyl (C=O) groups excluding carboxylic acids is 1. The van der Waals surface area contributed by atoms with Crippen LogP contribution >= 0.6 is 0 Å². The zero-order chi connectivity index (χ0) is 14.4. The molecule has 1 fully saturated rings. The molecule has 0 radical (unpaired) electrons. The minimum absolute atomic E-state index is 0.117. The second-order valence-corrected chi connectivity index (χ2v) is 5.06. The first-order chi connectivity index (χ1) is 9.76. The van der Waals surface area contributed by atoms with Crippen LogP contribution in [0, 0.1) is 0 Å². The maximum atomic E-state index is 12.0. The first-order valence-electron chi connectivity index (χ1n) is 7.44. The van der Waals surface area contributed by atoms with E-state index in [4.69, 9.17) is 4.74 Å². The molecule has 1 saturated heterocycles. The van der Waals surface area contributed by atoms with Crippen LogP contribution in [-0.4, -0.2) is 43.2 Å². The maximum absolute atomic E-state index is 12.0. The lowest BCUT2D eigenvalue weighted by Gasteiger charge is -2.34. The Balaban J connectivity index is 2.10. The van der Waals surface area contributed by atoms with Crippen LogP contribution in [0.2, 0.25) is 0 Å². The number of carbonyl (C=O) groups is 1. The number of nitrogens with one attached hydrogen (secondary N) is 1. The van der Waals surface area contributed by atoms with Gasteiger partial charge < -0.3 is 10.1 Å². The van der Waals surface area contributed by atoms with E-state index in [2.05, 4.69) is 41.4 Å². The summed E-state index contributed by atoms with van der Waals surface area (Å²) < 4.78 is 5.19. The van der Waals surface area contributed by atoms with Gasteiger partial charge >= 0.3 is 5.97 Å². The molecular formula is C16H24N2O2. The maximum Gasteiger partial charge on any atom is 0.324 e. The lowest BCUT2D eigenvalue weighted by molar-refractivity contribution is -0.150. The largest absolute Gasteiger partial charge is 0.465 e. The summed E-state index contributed by atoms with van der Waals surface area (Å²) in [5.41, 5.74) is 2.67. The Morgan fingerprint density at radius 1 is 1.35 bits per heavy atom. The van der Waals surface area contributed by atoms with Gasteiger partial charge in [0.15, 0.2) is 0 Å². The van der Waals surface area contributed by atoms with Crippen LogP contribution in [0.5, 0.6) is 0 Å². The van der Waals surface area contributed by atoms with Crippen molar-refractivity contribution < 1.29 is 9.53 Å². The lowest BCUT2D eigenvalue weighted by atomic mass is 10.0. The van der Waals surface area contributed by atoms with Crippen LogP contribution in [-0.2, 0) is 22.5 Å². The molecule has 1 aliphatic heterocycles. The molecule has 4 heteroatoms. The second kappa shape index (κ2) is 7.41. The van der Waals surface area contributed by atoms with Crippen LogP contribution in [0.25, 0.3) is 0 Å². The van der Waals surface area contributed by atoms with Gasteiger partial charge in [-0.25, -0.2) is 0 Å². The van der Waals surface area contributed by atoms with E-state index in [1.807, 2.05) is 6.92 Å². The van der Waals surface area contributed by atoms with Crippen molar-refractivity contribution >= 4 is 5.97 Å². The minimum atomic E-state index is -0.173. The van der Waals surface area contributed by atoms with Gasteiger partial charge in [0.2, 0.25) is 0 Å². The molecule has 0 saturated carbocycles. The van der Waals surface area contributed by atoms with Crippen LogP contribution in [0.4, 0.5) is 0 Å². The zero-order valence-corrected chi connectivity index (χ0v) is 12.4. The lowest BCUT2D eigenvalue weighted by Crippen LogP contribution is -2.54. The van der Waals surface area contributed by atoms with E-state index in [-0.39, 0.29) is 12.0 Å². The van der Waals surface area contributed by atoms with Gasteiger partial charge in [-0.3, -0.25) is 9.69 Å². The summed E-state index contributed by atoms with van der Waals surface area (Å²) in [7, 11) is 0. The SMILES string of the molecule is CCOC(=O)C1CNCCN1Cc1ccccc1CC. The van der Waals surface area contributed by atoms with Gasteiger partial charge in [-0.15, -0.1) is 0 Å². The summed E-state index contributed by atoms with van der Waals surface area (Å²) in [6.07, 6.45) is 1.02. The Hall–Kier alpha value is -1.39. The van der Waals surface area contributed by atoms with E-state index in [0.717, 1.165) is 26.1 Å². The monoisotopic (exact) mass is 276 g/mol. The molecule has 0 amide bonds. The van der Waals surface area contributed by atoms with Gasteiger partial charge in [-0.1, -0.05) is 31.2 Å². The van der Waals surface area contributed by atoms with Gasteiger partial charge in [0.1, 0.15) is 6.04 Å². The Kier molecular flexibility index (Phi) is 5.56. The Labute approximate surface area is 121 Å². The first-order valence-corrected chi connectivity index (χ1v) is 7.44. The molecule has 1 N–H and O–H groups in total. The highest BCUT2D eigenvalue weighted by Crippen LogP contribution is 2.16. The number of aryl methyl sites for hydroxylation is 1. The topological polar surface area (TPSA) is 41.6 Å². The molecule has 4 nitrogen and oxygen atoms in total. The van der Waals surface area contributed by atoms with Crippen LogP contribution in [0.15, 0.2) is 24.3 Å². The highest BCUT2D eigenvalue weighted by Gasteiger charge is 2.29. The van der Waals surface area contributed by atoms with Crippen molar-refractivity contribution in [1.82, 2.24) is 10.2 Å². The highest BCUT2D eigenvalue weighted by molar-refractivity contribution is 5.76. The van der Waals surface area contributed by atoms with Crippen molar-refractivity contribution in [3.8, 4) is 0 Å². The van der Waals surface area contributed by atoms with Gasteiger partial charge in [0, 0.05) is 26.2 Å². The van der Waals surface area contributed by atoms with Crippen LogP contribution in [0.1, 0.15) is 25.0 Å². The third kappa shape index (κ3) is 3.58. The summed E-state index contributed by atoms with van der Waals surface area (Å²) in [5.74, 6) is -0.117.